The van der Waals surface area contributed by atoms with Crippen LogP contribution in [0.2, 0.25) is 0 Å². The number of nitrogens with zero attached hydrogens (tertiary/aromatic N) is 1. The molecule has 0 radical (unpaired) electrons. The van der Waals surface area contributed by atoms with Gasteiger partial charge in [0.1, 0.15) is 6.07 Å². The van der Waals surface area contributed by atoms with Crippen LogP contribution in [-0.4, -0.2) is 28.5 Å². The van der Waals surface area contributed by atoms with Crippen LogP contribution >= 0.6 is 11.8 Å². The number of nitriles is 1. The van der Waals surface area contributed by atoms with E-state index in [2.05, 4.69) is 5.32 Å². The molecule has 1 amide bonds. The highest BCUT2D eigenvalue weighted by Gasteiger charge is 2.06. The number of carboxylic acid groups (broad SMARTS) is 1. The maximum absolute atomic E-state index is 11.6. The minimum atomic E-state index is -0.833. The van der Waals surface area contributed by atoms with E-state index in [9.17, 15) is 9.59 Å². The molecule has 0 heterocycles. The molecule has 0 fully saturated rings. The SMILES string of the molecule is N#Cc1ccccc1NC(=O)CCSCCC(=O)O. The molecule has 0 spiro atoms. The van der Waals surface area contributed by atoms with Crippen LogP contribution in [0.25, 0.3) is 0 Å². The van der Waals surface area contributed by atoms with E-state index in [1.165, 1.54) is 11.8 Å². The van der Waals surface area contributed by atoms with Gasteiger partial charge in [-0.3, -0.25) is 9.59 Å². The van der Waals surface area contributed by atoms with Gasteiger partial charge in [0.25, 0.3) is 0 Å². The Kier molecular flexibility index (Phi) is 6.47. The number of anilines is 1. The summed E-state index contributed by atoms with van der Waals surface area (Å²) >= 11 is 1.42. The second-order valence-corrected chi connectivity index (χ2v) is 4.94. The van der Waals surface area contributed by atoms with Gasteiger partial charge in [-0.1, -0.05) is 12.1 Å². The number of rotatable bonds is 7. The average molecular weight is 278 g/mol. The molecule has 2 N–H and O–H groups in total. The smallest absolute Gasteiger partial charge is 0.304 e. The van der Waals surface area contributed by atoms with Crippen molar-refractivity contribution >= 4 is 29.3 Å². The summed E-state index contributed by atoms with van der Waals surface area (Å²) in [5, 5.41) is 20.0. The van der Waals surface area contributed by atoms with Gasteiger partial charge in [0.15, 0.2) is 0 Å². The molecule has 0 bridgehead atoms. The fraction of sp³-hybridized carbons (Fsp3) is 0.308. The third kappa shape index (κ3) is 5.93. The monoisotopic (exact) mass is 278 g/mol. The summed E-state index contributed by atoms with van der Waals surface area (Å²) in [7, 11) is 0. The average Bonchev–Trinajstić information content (AvgIpc) is 2.38. The van der Waals surface area contributed by atoms with Crippen molar-refractivity contribution in [1.82, 2.24) is 0 Å². The Morgan fingerprint density at radius 1 is 1.26 bits per heavy atom. The van der Waals surface area contributed by atoms with Crippen molar-refractivity contribution in [3.63, 3.8) is 0 Å². The first-order valence-electron chi connectivity index (χ1n) is 5.72. The molecule has 0 aliphatic carbocycles. The summed E-state index contributed by atoms with van der Waals surface area (Å²) in [4.78, 5) is 21.9. The van der Waals surface area contributed by atoms with Gasteiger partial charge in [-0.25, -0.2) is 0 Å². The lowest BCUT2D eigenvalue weighted by atomic mass is 10.2. The molecule has 100 valence electrons. The number of hydrogen-bond acceptors (Lipinski definition) is 4. The number of carboxylic acids is 1. The van der Waals surface area contributed by atoms with E-state index in [0.29, 0.717) is 29.2 Å². The molecular formula is C13H14N2O3S. The minimum Gasteiger partial charge on any atom is -0.481 e. The molecule has 0 saturated carbocycles. The van der Waals surface area contributed by atoms with Crippen LogP contribution in [0.3, 0.4) is 0 Å². The van der Waals surface area contributed by atoms with E-state index in [-0.39, 0.29) is 12.3 Å². The van der Waals surface area contributed by atoms with E-state index in [1.54, 1.807) is 24.3 Å². The molecule has 1 aromatic rings. The summed E-state index contributed by atoms with van der Waals surface area (Å²) in [6.45, 7) is 0. The fourth-order valence-electron chi connectivity index (χ4n) is 1.33. The van der Waals surface area contributed by atoms with Crippen LogP contribution in [0, 0.1) is 11.3 Å². The van der Waals surface area contributed by atoms with Crippen molar-refractivity contribution in [1.29, 1.82) is 5.26 Å². The number of nitrogens with one attached hydrogen (secondary N) is 1. The molecule has 0 atom stereocenters. The summed E-state index contributed by atoms with van der Waals surface area (Å²) in [6.07, 6.45) is 0.396. The number of aliphatic carboxylic acids is 1. The predicted octanol–water partition coefficient (Wildman–Crippen LogP) is 2.09. The van der Waals surface area contributed by atoms with Crippen molar-refractivity contribution in [2.24, 2.45) is 0 Å². The summed E-state index contributed by atoms with van der Waals surface area (Å²) in [5.74, 6) is 0.0519. The number of carbonyl (C=O) groups is 2. The lowest BCUT2D eigenvalue weighted by molar-refractivity contribution is -0.136. The second kappa shape index (κ2) is 8.16. The topological polar surface area (TPSA) is 90.2 Å². The number of amides is 1. The zero-order valence-corrected chi connectivity index (χ0v) is 11.1. The molecular weight excluding hydrogens is 264 g/mol. The highest BCUT2D eigenvalue weighted by molar-refractivity contribution is 7.99. The third-order valence-corrected chi connectivity index (χ3v) is 3.24. The molecule has 0 saturated heterocycles. The number of hydrogen-bond donors (Lipinski definition) is 2. The molecule has 6 heteroatoms. The molecule has 1 rings (SSSR count). The third-order valence-electron chi connectivity index (χ3n) is 2.26. The number of para-hydroxylation sites is 1. The molecule has 1 aromatic carbocycles. The minimum absolute atomic E-state index is 0.101. The van der Waals surface area contributed by atoms with Gasteiger partial charge >= 0.3 is 5.97 Å². The quantitative estimate of drug-likeness (QED) is 0.745. The Hall–Kier alpha value is -2.00. The Bertz CT molecular complexity index is 497. The Balaban J connectivity index is 2.32. The van der Waals surface area contributed by atoms with Crippen molar-refractivity contribution in [3.8, 4) is 6.07 Å². The maximum Gasteiger partial charge on any atom is 0.304 e. The Labute approximate surface area is 115 Å². The van der Waals surface area contributed by atoms with Crippen LogP contribution in [0.15, 0.2) is 24.3 Å². The summed E-state index contributed by atoms with van der Waals surface area (Å²) < 4.78 is 0. The standard InChI is InChI=1S/C13H14N2O3S/c14-9-10-3-1-2-4-11(10)15-12(16)5-7-19-8-6-13(17)18/h1-4H,5-8H2,(H,15,16)(H,17,18). The summed E-state index contributed by atoms with van der Waals surface area (Å²) in [5.41, 5.74) is 0.930. The van der Waals surface area contributed by atoms with Gasteiger partial charge in [-0.2, -0.15) is 17.0 Å². The van der Waals surface area contributed by atoms with Gasteiger partial charge in [0, 0.05) is 17.9 Å². The van der Waals surface area contributed by atoms with Crippen LogP contribution in [0.4, 0.5) is 5.69 Å². The predicted molar refractivity (Wildman–Crippen MR) is 74.0 cm³/mol. The lowest BCUT2D eigenvalue weighted by Gasteiger charge is -2.06. The number of thioether (sulfide) groups is 1. The van der Waals surface area contributed by atoms with Crippen molar-refractivity contribution in [2.45, 2.75) is 12.8 Å². The normalized spacial score (nSPS) is 9.63. The van der Waals surface area contributed by atoms with E-state index in [1.807, 2.05) is 6.07 Å². The second-order valence-electron chi connectivity index (χ2n) is 3.71. The van der Waals surface area contributed by atoms with Crippen LogP contribution in [0.5, 0.6) is 0 Å². The Morgan fingerprint density at radius 2 is 1.95 bits per heavy atom. The van der Waals surface area contributed by atoms with E-state index in [4.69, 9.17) is 10.4 Å². The lowest BCUT2D eigenvalue weighted by Crippen LogP contribution is -2.13. The fourth-order valence-corrected chi connectivity index (χ4v) is 2.18. The van der Waals surface area contributed by atoms with Gasteiger partial charge in [-0.15, -0.1) is 0 Å². The van der Waals surface area contributed by atoms with Crippen LogP contribution < -0.4 is 5.32 Å². The molecule has 19 heavy (non-hydrogen) atoms. The zero-order chi connectivity index (χ0) is 14.1. The van der Waals surface area contributed by atoms with Gasteiger partial charge < -0.3 is 10.4 Å². The summed E-state index contributed by atoms with van der Waals surface area (Å²) in [6, 6.07) is 8.80. The first kappa shape index (κ1) is 15.1. The maximum atomic E-state index is 11.6. The Morgan fingerprint density at radius 3 is 2.63 bits per heavy atom. The molecule has 0 aliphatic heterocycles. The molecule has 0 aliphatic rings. The van der Waals surface area contributed by atoms with E-state index < -0.39 is 5.97 Å². The molecule has 5 nitrogen and oxygen atoms in total. The number of benzene rings is 1. The highest BCUT2D eigenvalue weighted by Crippen LogP contribution is 2.14. The van der Waals surface area contributed by atoms with Crippen molar-refractivity contribution in [3.05, 3.63) is 29.8 Å². The van der Waals surface area contributed by atoms with Crippen molar-refractivity contribution in [2.75, 3.05) is 16.8 Å². The van der Waals surface area contributed by atoms with Gasteiger partial charge in [0.2, 0.25) is 5.91 Å². The van der Waals surface area contributed by atoms with Crippen molar-refractivity contribution < 1.29 is 14.7 Å². The molecule has 0 aromatic heterocycles. The zero-order valence-electron chi connectivity index (χ0n) is 10.3. The molecule has 0 unspecified atom stereocenters. The van der Waals surface area contributed by atoms with Crippen LogP contribution in [0.1, 0.15) is 18.4 Å². The first-order valence-corrected chi connectivity index (χ1v) is 6.87. The largest absolute Gasteiger partial charge is 0.481 e. The van der Waals surface area contributed by atoms with E-state index >= 15 is 0 Å². The highest BCUT2D eigenvalue weighted by atomic mass is 32.2. The van der Waals surface area contributed by atoms with Gasteiger partial charge in [-0.05, 0) is 12.1 Å². The van der Waals surface area contributed by atoms with Gasteiger partial charge in [0.05, 0.1) is 17.7 Å². The van der Waals surface area contributed by atoms with Crippen LogP contribution in [-0.2, 0) is 9.59 Å². The number of carbonyl (C=O) groups excluding carboxylic acids is 1. The van der Waals surface area contributed by atoms with E-state index in [0.717, 1.165) is 0 Å². The first-order chi connectivity index (χ1) is 9.13.